The van der Waals surface area contributed by atoms with E-state index in [1.165, 1.54) is 16.3 Å². The summed E-state index contributed by atoms with van der Waals surface area (Å²) in [5, 5.41) is 0. The molecule has 0 aliphatic carbocycles. The predicted octanol–water partition coefficient (Wildman–Crippen LogP) is 5.88. The first-order valence-electron chi connectivity index (χ1n) is 6.83. The Morgan fingerprint density at radius 1 is 0.947 bits per heavy atom. The van der Waals surface area contributed by atoms with Gasteiger partial charge in [-0.2, -0.15) is 18.2 Å². The summed E-state index contributed by atoms with van der Waals surface area (Å²) in [6.45, 7) is 13.8. The van der Waals surface area contributed by atoms with Crippen molar-refractivity contribution in [1.82, 2.24) is 0 Å². The fourth-order valence-corrected chi connectivity index (χ4v) is 8.25. The summed E-state index contributed by atoms with van der Waals surface area (Å²) in [5.41, 5.74) is 1.85. The number of hydrogen-bond donors (Lipinski definition) is 0. The van der Waals surface area contributed by atoms with Crippen LogP contribution in [0.2, 0.25) is 16.6 Å². The second-order valence-corrected chi connectivity index (χ2v) is 11.0. The number of benzene rings is 1. The van der Waals surface area contributed by atoms with Crippen LogP contribution in [0.3, 0.4) is 0 Å². The van der Waals surface area contributed by atoms with E-state index in [1.54, 1.807) is 0 Å². The third kappa shape index (κ3) is 4.99. The molecule has 0 spiro atoms. The molecule has 0 aliphatic rings. The van der Waals surface area contributed by atoms with E-state index in [0.29, 0.717) is 16.6 Å². The molecule has 0 fully saturated rings. The fourth-order valence-electron chi connectivity index (χ4n) is 3.00. The van der Waals surface area contributed by atoms with Crippen LogP contribution in [0.15, 0.2) is 24.3 Å². The maximum atomic E-state index is 6.51. The van der Waals surface area contributed by atoms with E-state index in [2.05, 4.69) is 61.2 Å². The molecule has 104 valence electrons. The van der Waals surface area contributed by atoms with Crippen LogP contribution < -0.4 is 4.43 Å². The van der Waals surface area contributed by atoms with Crippen LogP contribution >= 0.6 is 13.6 Å². The van der Waals surface area contributed by atoms with Gasteiger partial charge in [-0.25, -0.2) is 0 Å². The van der Waals surface area contributed by atoms with Crippen molar-refractivity contribution in [3.8, 4) is 5.75 Å². The molecule has 0 radical (unpaired) electrons. The third-order valence-electron chi connectivity index (χ3n) is 3.69. The van der Waals surface area contributed by atoms with Gasteiger partial charge in [0.1, 0.15) is 0 Å². The van der Waals surface area contributed by atoms with E-state index in [4.69, 9.17) is 4.43 Å². The molecule has 0 heterocycles. The molecular weight excluding hydrogens is 370 g/mol. The second-order valence-electron chi connectivity index (χ2n) is 5.66. The van der Waals surface area contributed by atoms with Gasteiger partial charge in [-0.1, -0.05) is 41.5 Å². The topological polar surface area (TPSA) is 9.23 Å². The molecule has 0 bridgehead atoms. The van der Waals surface area contributed by atoms with Crippen molar-refractivity contribution in [2.24, 2.45) is 0 Å². The molecule has 0 saturated carbocycles. The number of rotatable bonds is 5. The van der Waals surface area contributed by atoms with Gasteiger partial charge in [0.15, 0.2) is 0 Å². The van der Waals surface area contributed by atoms with Gasteiger partial charge in [0, 0.05) is 0 Å². The Bertz CT molecular complexity index is 319. The molecule has 0 aliphatic heterocycles. The van der Waals surface area contributed by atoms with Gasteiger partial charge >= 0.3 is 30.0 Å². The SMILES string of the molecule is CC(C)[Si](Oc1cc[c-]cc1)(C(C)C)C(C)C.[Zn+][Br]. The summed E-state index contributed by atoms with van der Waals surface area (Å²) in [6, 6.07) is 10.9. The van der Waals surface area contributed by atoms with Crippen LogP contribution in [0, 0.1) is 6.07 Å². The first kappa shape index (κ1) is 19.3. The Morgan fingerprint density at radius 3 is 1.63 bits per heavy atom. The van der Waals surface area contributed by atoms with Crippen molar-refractivity contribution in [3.05, 3.63) is 30.3 Å². The zero-order valence-electron chi connectivity index (χ0n) is 13.0. The van der Waals surface area contributed by atoms with Crippen molar-refractivity contribution in [2.75, 3.05) is 0 Å². The van der Waals surface area contributed by atoms with Crippen LogP contribution in [-0.4, -0.2) is 8.32 Å². The van der Waals surface area contributed by atoms with Crippen LogP contribution in [0.25, 0.3) is 0 Å². The quantitative estimate of drug-likeness (QED) is 0.447. The summed E-state index contributed by atoms with van der Waals surface area (Å²) >= 11 is 4.25. The van der Waals surface area contributed by atoms with Crippen LogP contribution in [0.5, 0.6) is 5.75 Å². The van der Waals surface area contributed by atoms with E-state index in [0.717, 1.165) is 5.75 Å². The average molecular weight is 395 g/mol. The number of halogens is 1. The average Bonchev–Trinajstić information content (AvgIpc) is 2.38. The van der Waals surface area contributed by atoms with Crippen LogP contribution in [-0.2, 0) is 16.3 Å². The minimum absolute atomic E-state index is 0.617. The van der Waals surface area contributed by atoms with Crippen molar-refractivity contribution >= 4 is 21.9 Å². The number of hydrogen-bond acceptors (Lipinski definition) is 1. The summed E-state index contributed by atoms with van der Waals surface area (Å²) in [6.07, 6.45) is 0. The summed E-state index contributed by atoms with van der Waals surface area (Å²) in [7, 11) is -1.78. The van der Waals surface area contributed by atoms with Gasteiger partial charge in [0.2, 0.25) is 0 Å². The molecule has 1 aromatic carbocycles. The van der Waals surface area contributed by atoms with Gasteiger partial charge in [-0.3, -0.25) is 0 Å². The standard InChI is InChI=1S/C15H25OSi.BrH.Zn/c1-12(2)17(13(3)4,14(5)6)16-15-10-8-7-9-11-15;;/h8-14H,1-6H3;1H;/q-1;;+2/p-1. The molecular formula is C15H25BrOSiZn. The summed E-state index contributed by atoms with van der Waals surface area (Å²) < 4.78 is 6.51. The van der Waals surface area contributed by atoms with Crippen LogP contribution in [0.4, 0.5) is 0 Å². The van der Waals surface area contributed by atoms with Crippen LogP contribution in [0.1, 0.15) is 41.5 Å². The van der Waals surface area contributed by atoms with Gasteiger partial charge in [0.05, 0.1) is 0 Å². The molecule has 19 heavy (non-hydrogen) atoms. The zero-order valence-corrected chi connectivity index (χ0v) is 18.6. The van der Waals surface area contributed by atoms with Crippen molar-refractivity contribution < 1.29 is 20.8 Å². The van der Waals surface area contributed by atoms with Gasteiger partial charge in [0.25, 0.3) is 8.32 Å². The second kappa shape index (κ2) is 9.31. The van der Waals surface area contributed by atoms with Gasteiger partial charge < -0.3 is 4.43 Å². The summed E-state index contributed by atoms with van der Waals surface area (Å²) in [4.78, 5) is 0. The molecule has 0 atom stereocenters. The molecule has 0 amide bonds. The summed E-state index contributed by atoms with van der Waals surface area (Å²) in [5.74, 6) is 1.01. The van der Waals surface area contributed by atoms with E-state index in [9.17, 15) is 0 Å². The normalized spacial score (nSPS) is 11.6. The van der Waals surface area contributed by atoms with Crippen molar-refractivity contribution in [1.29, 1.82) is 0 Å². The molecule has 1 nitrogen and oxygen atoms in total. The maximum absolute atomic E-state index is 6.51. The molecule has 1 aromatic rings. The van der Waals surface area contributed by atoms with Crippen molar-refractivity contribution in [2.45, 2.75) is 58.2 Å². The first-order valence-corrected chi connectivity index (χ1v) is 15.9. The predicted molar refractivity (Wildman–Crippen MR) is 85.9 cm³/mol. The molecule has 0 saturated heterocycles. The van der Waals surface area contributed by atoms with E-state index in [-0.39, 0.29) is 0 Å². The van der Waals surface area contributed by atoms with E-state index < -0.39 is 8.32 Å². The van der Waals surface area contributed by atoms with Gasteiger partial charge in [-0.05, 0) is 22.4 Å². The Balaban J connectivity index is 0.00000154. The van der Waals surface area contributed by atoms with Crippen molar-refractivity contribution in [3.63, 3.8) is 0 Å². The Hall–Kier alpha value is 0.340. The Morgan fingerprint density at radius 2 is 1.32 bits per heavy atom. The molecule has 0 N–H and O–H groups in total. The monoisotopic (exact) mass is 392 g/mol. The fraction of sp³-hybridized carbons (Fsp3) is 0.600. The van der Waals surface area contributed by atoms with E-state index >= 15 is 0 Å². The Kier molecular flexibility index (Phi) is 9.47. The minimum atomic E-state index is -1.78. The molecule has 0 unspecified atom stereocenters. The third-order valence-corrected chi connectivity index (χ3v) is 9.69. The zero-order chi connectivity index (χ0) is 15.1. The first-order chi connectivity index (χ1) is 8.91. The molecule has 1 rings (SSSR count). The van der Waals surface area contributed by atoms with Gasteiger partial charge in [-0.15, -0.1) is 12.1 Å². The molecule has 4 heteroatoms. The Labute approximate surface area is 136 Å². The van der Waals surface area contributed by atoms with E-state index in [1.807, 2.05) is 24.3 Å². The molecule has 0 aromatic heterocycles.